The van der Waals surface area contributed by atoms with Crippen molar-refractivity contribution in [1.29, 1.82) is 0 Å². The number of benzene rings is 1. The number of aliphatic hydroxyl groups is 1. The largest absolute Gasteiger partial charge is 0.435 e. The maximum atomic E-state index is 12.0. The van der Waals surface area contributed by atoms with E-state index in [4.69, 9.17) is 0 Å². The fourth-order valence-electron chi connectivity index (χ4n) is 2.16. The van der Waals surface area contributed by atoms with Crippen molar-refractivity contribution < 1.29 is 23.4 Å². The van der Waals surface area contributed by atoms with E-state index in [-0.39, 0.29) is 24.1 Å². The number of allylic oxidation sites excluding steroid dienone is 2. The normalized spacial score (nSPS) is 16.2. The van der Waals surface area contributed by atoms with Gasteiger partial charge in [-0.3, -0.25) is 4.79 Å². The number of alkyl halides is 2. The molecule has 2 N–H and O–H groups in total. The smallest absolute Gasteiger partial charge is 0.387 e. The Morgan fingerprint density at radius 3 is 2.48 bits per heavy atom. The van der Waals surface area contributed by atoms with Crippen molar-refractivity contribution in [3.05, 3.63) is 42.0 Å². The summed E-state index contributed by atoms with van der Waals surface area (Å²) in [4.78, 5) is 11.8. The second kappa shape index (κ2) is 7.17. The first-order valence-electron chi connectivity index (χ1n) is 6.72. The number of amides is 1. The molecule has 6 heteroatoms. The lowest BCUT2D eigenvalue weighted by atomic mass is 10.1. The zero-order valence-electron chi connectivity index (χ0n) is 11.3. The molecular formula is C15H17F2NO3. The lowest BCUT2D eigenvalue weighted by Gasteiger charge is -2.15. The molecule has 2 rings (SSSR count). The van der Waals surface area contributed by atoms with Crippen LogP contribution in [0.5, 0.6) is 5.75 Å². The molecule has 1 aliphatic rings. The molecule has 0 saturated heterocycles. The van der Waals surface area contributed by atoms with E-state index in [1.165, 1.54) is 24.3 Å². The average Bonchev–Trinajstić information content (AvgIpc) is 2.99. The van der Waals surface area contributed by atoms with Gasteiger partial charge in [0.2, 0.25) is 5.91 Å². The van der Waals surface area contributed by atoms with E-state index in [0.717, 1.165) is 12.8 Å². The number of aliphatic hydroxyl groups excluding tert-OH is 1. The van der Waals surface area contributed by atoms with Gasteiger partial charge >= 0.3 is 6.61 Å². The molecule has 0 fully saturated rings. The van der Waals surface area contributed by atoms with Crippen LogP contribution in [0.4, 0.5) is 8.78 Å². The predicted octanol–water partition coefficient (Wildman–Crippen LogP) is 2.40. The highest BCUT2D eigenvalue weighted by molar-refractivity contribution is 5.79. The minimum atomic E-state index is -2.87. The maximum Gasteiger partial charge on any atom is 0.387 e. The number of rotatable bonds is 6. The summed E-state index contributed by atoms with van der Waals surface area (Å²) in [7, 11) is 0. The monoisotopic (exact) mass is 297 g/mol. The first-order chi connectivity index (χ1) is 10.1. The van der Waals surface area contributed by atoms with Crippen LogP contribution in [0.15, 0.2) is 36.4 Å². The Hall–Kier alpha value is -1.95. The molecule has 0 saturated carbocycles. The first kappa shape index (κ1) is 15.4. The second-order valence-corrected chi connectivity index (χ2v) is 4.85. The van der Waals surface area contributed by atoms with Crippen LogP contribution in [0.3, 0.4) is 0 Å². The summed E-state index contributed by atoms with van der Waals surface area (Å²) >= 11 is 0. The van der Waals surface area contributed by atoms with Crippen LogP contribution in [-0.4, -0.2) is 24.2 Å². The summed E-state index contributed by atoms with van der Waals surface area (Å²) in [5.41, 5.74) is 0.529. The molecule has 0 radical (unpaired) electrons. The highest BCUT2D eigenvalue weighted by Gasteiger charge is 2.19. The Balaban J connectivity index is 1.82. The SMILES string of the molecule is O=C(NCC(O)c1ccc(OC(F)F)cc1)C1CC=CC1. The van der Waals surface area contributed by atoms with Crippen molar-refractivity contribution in [2.45, 2.75) is 25.6 Å². The fraction of sp³-hybridized carbons (Fsp3) is 0.400. The molecule has 114 valence electrons. The molecule has 0 spiro atoms. The van der Waals surface area contributed by atoms with Crippen molar-refractivity contribution >= 4 is 5.91 Å². The van der Waals surface area contributed by atoms with Crippen LogP contribution in [0.2, 0.25) is 0 Å². The summed E-state index contributed by atoms with van der Waals surface area (Å²) in [6, 6.07) is 5.69. The van der Waals surface area contributed by atoms with Crippen molar-refractivity contribution in [2.24, 2.45) is 5.92 Å². The van der Waals surface area contributed by atoms with Gasteiger partial charge in [0.1, 0.15) is 5.75 Å². The third kappa shape index (κ3) is 4.53. The van der Waals surface area contributed by atoms with Crippen molar-refractivity contribution in [3.8, 4) is 5.75 Å². The molecule has 0 aliphatic heterocycles. The van der Waals surface area contributed by atoms with E-state index in [1.54, 1.807) is 0 Å². The van der Waals surface area contributed by atoms with E-state index in [0.29, 0.717) is 5.56 Å². The molecule has 1 unspecified atom stereocenters. The van der Waals surface area contributed by atoms with Crippen molar-refractivity contribution in [3.63, 3.8) is 0 Å². The van der Waals surface area contributed by atoms with Crippen molar-refractivity contribution in [1.82, 2.24) is 5.32 Å². The number of hydrogen-bond donors (Lipinski definition) is 2. The Labute approximate surface area is 121 Å². The number of nitrogens with one attached hydrogen (secondary N) is 1. The van der Waals surface area contributed by atoms with Gasteiger partial charge in [0, 0.05) is 12.5 Å². The Bertz CT molecular complexity index is 494. The first-order valence-corrected chi connectivity index (χ1v) is 6.72. The van der Waals surface area contributed by atoms with Crippen LogP contribution >= 0.6 is 0 Å². The van der Waals surface area contributed by atoms with Crippen LogP contribution in [0.25, 0.3) is 0 Å². The van der Waals surface area contributed by atoms with Gasteiger partial charge in [-0.2, -0.15) is 8.78 Å². The lowest BCUT2D eigenvalue weighted by molar-refractivity contribution is -0.125. The molecule has 4 nitrogen and oxygen atoms in total. The summed E-state index contributed by atoms with van der Waals surface area (Å²) in [5.74, 6) is -0.113. The van der Waals surface area contributed by atoms with E-state index in [9.17, 15) is 18.7 Å². The van der Waals surface area contributed by atoms with Gasteiger partial charge < -0.3 is 15.2 Å². The number of ether oxygens (including phenoxy) is 1. The number of hydrogen-bond acceptors (Lipinski definition) is 3. The molecule has 1 atom stereocenters. The molecule has 1 amide bonds. The molecule has 1 aromatic carbocycles. The van der Waals surface area contributed by atoms with Crippen LogP contribution in [-0.2, 0) is 4.79 Å². The molecule has 0 aromatic heterocycles. The molecular weight excluding hydrogens is 280 g/mol. The molecule has 0 bridgehead atoms. The summed E-state index contributed by atoms with van der Waals surface area (Å²) in [5, 5.41) is 12.7. The van der Waals surface area contributed by atoms with Gasteiger partial charge in [0.25, 0.3) is 0 Å². The Kier molecular flexibility index (Phi) is 5.27. The minimum Gasteiger partial charge on any atom is -0.435 e. The summed E-state index contributed by atoms with van der Waals surface area (Å²) < 4.78 is 28.2. The summed E-state index contributed by atoms with van der Waals surface area (Å²) in [6.45, 7) is -2.79. The number of carbonyl (C=O) groups excluding carboxylic acids is 1. The quantitative estimate of drug-likeness (QED) is 0.793. The van der Waals surface area contributed by atoms with Gasteiger partial charge in [-0.15, -0.1) is 0 Å². The van der Waals surface area contributed by atoms with Crippen LogP contribution in [0.1, 0.15) is 24.5 Å². The topological polar surface area (TPSA) is 58.6 Å². The van der Waals surface area contributed by atoms with E-state index < -0.39 is 12.7 Å². The highest BCUT2D eigenvalue weighted by atomic mass is 19.3. The second-order valence-electron chi connectivity index (χ2n) is 4.85. The zero-order chi connectivity index (χ0) is 15.2. The molecule has 1 aromatic rings. The van der Waals surface area contributed by atoms with Gasteiger partial charge in [0.05, 0.1) is 6.10 Å². The van der Waals surface area contributed by atoms with Gasteiger partial charge in [-0.25, -0.2) is 0 Å². The molecule has 1 aliphatic carbocycles. The predicted molar refractivity (Wildman–Crippen MR) is 72.9 cm³/mol. The van der Waals surface area contributed by atoms with Gasteiger partial charge in [-0.1, -0.05) is 24.3 Å². The third-order valence-electron chi connectivity index (χ3n) is 3.34. The average molecular weight is 297 g/mol. The highest BCUT2D eigenvalue weighted by Crippen LogP contribution is 2.20. The Morgan fingerprint density at radius 2 is 1.90 bits per heavy atom. The van der Waals surface area contributed by atoms with Crippen LogP contribution in [0, 0.1) is 5.92 Å². The van der Waals surface area contributed by atoms with E-state index in [2.05, 4.69) is 10.1 Å². The standard InChI is InChI=1S/C15H17F2NO3/c16-15(17)21-12-7-5-10(6-8-12)13(19)9-18-14(20)11-3-1-2-4-11/h1-2,5-8,11,13,15,19H,3-4,9H2,(H,18,20). The molecule has 21 heavy (non-hydrogen) atoms. The fourth-order valence-corrected chi connectivity index (χ4v) is 2.16. The number of halogens is 2. The third-order valence-corrected chi connectivity index (χ3v) is 3.34. The lowest BCUT2D eigenvalue weighted by Crippen LogP contribution is -2.32. The van der Waals surface area contributed by atoms with Crippen molar-refractivity contribution in [2.75, 3.05) is 6.54 Å². The minimum absolute atomic E-state index is 0.0296. The number of carbonyl (C=O) groups is 1. The van der Waals surface area contributed by atoms with Gasteiger partial charge in [-0.05, 0) is 30.5 Å². The van der Waals surface area contributed by atoms with E-state index in [1.807, 2.05) is 12.2 Å². The summed E-state index contributed by atoms with van der Waals surface area (Å²) in [6.07, 6.45) is 4.48. The molecule has 0 heterocycles. The zero-order valence-corrected chi connectivity index (χ0v) is 11.3. The van der Waals surface area contributed by atoms with Crippen LogP contribution < -0.4 is 10.1 Å². The van der Waals surface area contributed by atoms with Gasteiger partial charge in [0.15, 0.2) is 0 Å². The van der Waals surface area contributed by atoms with E-state index >= 15 is 0 Å². The maximum absolute atomic E-state index is 12.0. The Morgan fingerprint density at radius 1 is 1.29 bits per heavy atom.